The molecule has 130 valence electrons. The summed E-state index contributed by atoms with van der Waals surface area (Å²) in [5.74, 6) is -1.23. The molecule has 0 aromatic heterocycles. The van der Waals surface area contributed by atoms with Gasteiger partial charge in [-0.05, 0) is 36.4 Å². The Balaban J connectivity index is 1.93. The lowest BCUT2D eigenvalue weighted by atomic mass is 10.2. The monoisotopic (exact) mass is 379 g/mol. The zero-order valence-corrected chi connectivity index (χ0v) is 14.7. The fraction of sp³-hybridized carbons (Fsp3) is 0.118. The van der Waals surface area contributed by atoms with Crippen molar-refractivity contribution < 1.29 is 14.4 Å². The molecule has 6 nitrogen and oxygen atoms in total. The van der Waals surface area contributed by atoms with E-state index in [-0.39, 0.29) is 17.4 Å². The Kier molecular flexibility index (Phi) is 6.38. The molecule has 25 heavy (non-hydrogen) atoms. The highest BCUT2D eigenvalue weighted by molar-refractivity contribution is 6.36. The molecule has 0 unspecified atom stereocenters. The van der Waals surface area contributed by atoms with Crippen LogP contribution in [0.4, 0.5) is 17.1 Å². The van der Waals surface area contributed by atoms with Crippen molar-refractivity contribution >= 4 is 58.0 Å². The highest BCUT2D eigenvalue weighted by Crippen LogP contribution is 2.25. The number of nitrogens with one attached hydrogen (secondary N) is 3. The number of hydrogen-bond donors (Lipinski definition) is 3. The van der Waals surface area contributed by atoms with Crippen LogP contribution in [-0.2, 0) is 14.4 Å². The first-order valence-corrected chi connectivity index (χ1v) is 8.01. The van der Waals surface area contributed by atoms with E-state index in [1.165, 1.54) is 13.0 Å². The van der Waals surface area contributed by atoms with Gasteiger partial charge < -0.3 is 16.0 Å². The molecular formula is C17H15Cl2N3O3. The number of hydrogen-bond acceptors (Lipinski definition) is 3. The third kappa shape index (κ3) is 6.10. The molecule has 2 aromatic rings. The minimum absolute atomic E-state index is 0.220. The Hall–Kier alpha value is -2.57. The number of benzene rings is 2. The van der Waals surface area contributed by atoms with Crippen LogP contribution in [0.15, 0.2) is 42.5 Å². The molecule has 0 fully saturated rings. The predicted molar refractivity (Wildman–Crippen MR) is 99.1 cm³/mol. The third-order valence-electron chi connectivity index (χ3n) is 2.99. The van der Waals surface area contributed by atoms with Crippen LogP contribution in [-0.4, -0.2) is 17.7 Å². The van der Waals surface area contributed by atoms with Gasteiger partial charge >= 0.3 is 0 Å². The van der Waals surface area contributed by atoms with Crippen LogP contribution in [0.25, 0.3) is 0 Å². The molecule has 0 atom stereocenters. The van der Waals surface area contributed by atoms with Crippen molar-refractivity contribution in [2.75, 3.05) is 16.0 Å². The lowest BCUT2D eigenvalue weighted by Crippen LogP contribution is -2.21. The quantitative estimate of drug-likeness (QED) is 0.687. The topological polar surface area (TPSA) is 87.3 Å². The first-order valence-electron chi connectivity index (χ1n) is 7.26. The fourth-order valence-corrected chi connectivity index (χ4v) is 2.47. The molecule has 0 aliphatic heterocycles. The minimum atomic E-state index is -0.514. The van der Waals surface area contributed by atoms with Gasteiger partial charge in [0.2, 0.25) is 17.7 Å². The molecule has 0 aliphatic carbocycles. The van der Waals surface area contributed by atoms with E-state index < -0.39 is 11.8 Å². The maximum absolute atomic E-state index is 12.0. The predicted octanol–water partition coefficient (Wildman–Crippen LogP) is 3.92. The van der Waals surface area contributed by atoms with Gasteiger partial charge in [-0.15, -0.1) is 0 Å². The van der Waals surface area contributed by atoms with E-state index in [1.807, 2.05) is 0 Å². The van der Waals surface area contributed by atoms with Crippen LogP contribution >= 0.6 is 23.2 Å². The lowest BCUT2D eigenvalue weighted by Gasteiger charge is -2.09. The van der Waals surface area contributed by atoms with E-state index in [0.717, 1.165) is 0 Å². The maximum Gasteiger partial charge on any atom is 0.233 e. The standard InChI is InChI=1S/C17H15Cl2N3O3/c1-10(23)20-12-3-2-4-13(8-12)21-16(24)9-17(25)22-15-6-5-11(18)7-14(15)19/h2-8H,9H2,1H3,(H,20,23)(H,21,24)(H,22,25). The van der Waals surface area contributed by atoms with E-state index >= 15 is 0 Å². The average molecular weight is 380 g/mol. The second-order valence-corrected chi connectivity index (χ2v) is 6.00. The van der Waals surface area contributed by atoms with Crippen LogP contribution in [0.5, 0.6) is 0 Å². The van der Waals surface area contributed by atoms with Gasteiger partial charge in [0.15, 0.2) is 0 Å². The largest absolute Gasteiger partial charge is 0.326 e. The zero-order valence-electron chi connectivity index (χ0n) is 13.2. The Morgan fingerprint density at radius 2 is 1.52 bits per heavy atom. The summed E-state index contributed by atoms with van der Waals surface area (Å²) in [6.07, 6.45) is -0.386. The Morgan fingerprint density at radius 3 is 2.16 bits per heavy atom. The summed E-state index contributed by atoms with van der Waals surface area (Å²) >= 11 is 11.7. The normalized spacial score (nSPS) is 10.0. The number of amides is 3. The van der Waals surface area contributed by atoms with Gasteiger partial charge in [0.25, 0.3) is 0 Å². The fourth-order valence-electron chi connectivity index (χ4n) is 2.01. The smallest absolute Gasteiger partial charge is 0.233 e. The van der Waals surface area contributed by atoms with Gasteiger partial charge in [-0.25, -0.2) is 0 Å². The van der Waals surface area contributed by atoms with Crippen molar-refractivity contribution in [2.24, 2.45) is 0 Å². The summed E-state index contributed by atoms with van der Waals surface area (Å²) in [5, 5.41) is 8.47. The van der Waals surface area contributed by atoms with Crippen molar-refractivity contribution in [1.29, 1.82) is 0 Å². The Bertz CT molecular complexity index is 825. The number of halogens is 2. The van der Waals surface area contributed by atoms with Crippen molar-refractivity contribution in [3.05, 3.63) is 52.5 Å². The molecule has 2 aromatic carbocycles. The highest BCUT2D eigenvalue weighted by Gasteiger charge is 2.12. The second-order valence-electron chi connectivity index (χ2n) is 5.16. The van der Waals surface area contributed by atoms with Crippen LogP contribution < -0.4 is 16.0 Å². The van der Waals surface area contributed by atoms with E-state index in [2.05, 4.69) is 16.0 Å². The first-order chi connectivity index (χ1) is 11.8. The SMILES string of the molecule is CC(=O)Nc1cccc(NC(=O)CC(=O)Nc2ccc(Cl)cc2Cl)c1. The van der Waals surface area contributed by atoms with Crippen LogP contribution in [0, 0.1) is 0 Å². The van der Waals surface area contributed by atoms with E-state index in [9.17, 15) is 14.4 Å². The zero-order chi connectivity index (χ0) is 18.4. The van der Waals surface area contributed by atoms with Crippen molar-refractivity contribution in [1.82, 2.24) is 0 Å². The molecule has 0 spiro atoms. The summed E-state index contributed by atoms with van der Waals surface area (Å²) in [6, 6.07) is 11.2. The molecule has 2 rings (SSSR count). The molecule has 8 heteroatoms. The number of rotatable bonds is 5. The summed E-state index contributed by atoms with van der Waals surface area (Å²) in [5.41, 5.74) is 1.38. The lowest BCUT2D eigenvalue weighted by molar-refractivity contribution is -0.123. The summed E-state index contributed by atoms with van der Waals surface area (Å²) < 4.78 is 0. The summed E-state index contributed by atoms with van der Waals surface area (Å²) in [4.78, 5) is 35.0. The summed E-state index contributed by atoms with van der Waals surface area (Å²) in [7, 11) is 0. The van der Waals surface area contributed by atoms with Crippen molar-refractivity contribution in [2.45, 2.75) is 13.3 Å². The molecule has 3 amide bonds. The minimum Gasteiger partial charge on any atom is -0.326 e. The van der Waals surface area contributed by atoms with E-state index in [0.29, 0.717) is 22.1 Å². The molecule has 0 radical (unpaired) electrons. The van der Waals surface area contributed by atoms with Crippen LogP contribution in [0.3, 0.4) is 0 Å². The van der Waals surface area contributed by atoms with Gasteiger partial charge in [-0.3, -0.25) is 14.4 Å². The van der Waals surface area contributed by atoms with Gasteiger partial charge in [-0.2, -0.15) is 0 Å². The molecule has 0 saturated heterocycles. The second kappa shape index (κ2) is 8.50. The maximum atomic E-state index is 12.0. The van der Waals surface area contributed by atoms with E-state index in [4.69, 9.17) is 23.2 Å². The highest BCUT2D eigenvalue weighted by atomic mass is 35.5. The molecule has 0 saturated carbocycles. The molecule has 3 N–H and O–H groups in total. The molecule has 0 heterocycles. The third-order valence-corrected chi connectivity index (χ3v) is 3.54. The average Bonchev–Trinajstić information content (AvgIpc) is 2.49. The van der Waals surface area contributed by atoms with Crippen LogP contribution in [0.1, 0.15) is 13.3 Å². The van der Waals surface area contributed by atoms with Gasteiger partial charge in [0, 0.05) is 23.3 Å². The Morgan fingerprint density at radius 1 is 0.880 bits per heavy atom. The number of carbonyl (C=O) groups is 3. The van der Waals surface area contributed by atoms with Gasteiger partial charge in [-0.1, -0.05) is 29.3 Å². The molecule has 0 aliphatic rings. The van der Waals surface area contributed by atoms with Gasteiger partial charge in [0.05, 0.1) is 10.7 Å². The first kappa shape index (κ1) is 18.8. The summed E-state index contributed by atoms with van der Waals surface area (Å²) in [6.45, 7) is 1.39. The number of carbonyl (C=O) groups excluding carboxylic acids is 3. The van der Waals surface area contributed by atoms with Crippen molar-refractivity contribution in [3.8, 4) is 0 Å². The van der Waals surface area contributed by atoms with E-state index in [1.54, 1.807) is 36.4 Å². The molecule has 0 bridgehead atoms. The number of anilines is 3. The van der Waals surface area contributed by atoms with Crippen LogP contribution in [0.2, 0.25) is 10.0 Å². The Labute approximate surface area is 154 Å². The molecular weight excluding hydrogens is 365 g/mol. The van der Waals surface area contributed by atoms with Gasteiger partial charge in [0.1, 0.15) is 6.42 Å². The van der Waals surface area contributed by atoms with Crippen molar-refractivity contribution in [3.63, 3.8) is 0 Å².